The van der Waals surface area contributed by atoms with Gasteiger partial charge in [0.2, 0.25) is 0 Å². The lowest BCUT2D eigenvalue weighted by Gasteiger charge is -2.23. The fourth-order valence-corrected chi connectivity index (χ4v) is 2.36. The smallest absolute Gasteiger partial charge is 0.330 e. The molecule has 1 aliphatic carbocycles. The molecule has 106 valence electrons. The lowest BCUT2D eigenvalue weighted by molar-refractivity contribution is -0.134. The highest BCUT2D eigenvalue weighted by Gasteiger charge is 2.21. The Morgan fingerprint density at radius 1 is 1.19 bits per heavy atom. The summed E-state index contributed by atoms with van der Waals surface area (Å²) in [5.41, 5.74) is 4.44. The van der Waals surface area contributed by atoms with Gasteiger partial charge in [0.05, 0.1) is 7.11 Å². The van der Waals surface area contributed by atoms with Crippen molar-refractivity contribution >= 4 is 11.5 Å². The topological polar surface area (TPSA) is 35.5 Å². The highest BCUT2D eigenvalue weighted by Crippen LogP contribution is 2.36. The first-order valence-electron chi connectivity index (χ1n) is 6.85. The molecule has 0 saturated carbocycles. The maximum atomic E-state index is 11.3. The largest absolute Gasteiger partial charge is 0.489 e. The number of hydrogen-bond acceptors (Lipinski definition) is 3. The molecule has 0 heterocycles. The average Bonchev–Trinajstić information content (AvgIpc) is 2.52. The Bertz CT molecular complexity index is 687. The van der Waals surface area contributed by atoms with Crippen molar-refractivity contribution in [2.75, 3.05) is 7.11 Å². The number of rotatable bonds is 4. The lowest BCUT2D eigenvalue weighted by Crippen LogP contribution is -2.10. The van der Waals surface area contributed by atoms with Crippen LogP contribution in [0.2, 0.25) is 0 Å². The summed E-state index contributed by atoms with van der Waals surface area (Å²) in [6, 6.07) is 16.0. The molecule has 0 fully saturated rings. The minimum Gasteiger partial charge on any atom is -0.489 e. The summed E-state index contributed by atoms with van der Waals surface area (Å²) in [5, 5.41) is 0. The van der Waals surface area contributed by atoms with Crippen LogP contribution in [-0.4, -0.2) is 13.1 Å². The van der Waals surface area contributed by atoms with Gasteiger partial charge in [0, 0.05) is 6.08 Å². The van der Waals surface area contributed by atoms with Gasteiger partial charge in [-0.05, 0) is 40.8 Å². The van der Waals surface area contributed by atoms with Gasteiger partial charge in [-0.3, -0.25) is 0 Å². The Labute approximate surface area is 123 Å². The molecule has 0 bridgehead atoms. The maximum Gasteiger partial charge on any atom is 0.330 e. The molecule has 3 heteroatoms. The van der Waals surface area contributed by atoms with Crippen molar-refractivity contribution in [2.24, 2.45) is 0 Å². The van der Waals surface area contributed by atoms with Crippen molar-refractivity contribution < 1.29 is 14.3 Å². The van der Waals surface area contributed by atoms with Crippen LogP contribution in [0, 0.1) is 0 Å². The van der Waals surface area contributed by atoms with E-state index < -0.39 is 0 Å². The third-order valence-electron chi connectivity index (χ3n) is 3.55. The summed E-state index contributed by atoms with van der Waals surface area (Å²) >= 11 is 0. The second-order valence-corrected chi connectivity index (χ2v) is 4.96. The monoisotopic (exact) mass is 280 g/mol. The van der Waals surface area contributed by atoms with Gasteiger partial charge in [0.1, 0.15) is 12.4 Å². The zero-order chi connectivity index (χ0) is 14.7. The summed E-state index contributed by atoms with van der Waals surface area (Å²) in [7, 11) is 1.39. The predicted molar refractivity (Wildman–Crippen MR) is 80.9 cm³/mol. The van der Waals surface area contributed by atoms with E-state index in [0.29, 0.717) is 6.61 Å². The quantitative estimate of drug-likeness (QED) is 0.636. The van der Waals surface area contributed by atoms with Crippen LogP contribution in [0.5, 0.6) is 5.75 Å². The van der Waals surface area contributed by atoms with Crippen LogP contribution in [0.4, 0.5) is 0 Å². The summed E-state index contributed by atoms with van der Waals surface area (Å²) in [6.45, 7) is 0.537. The third-order valence-corrected chi connectivity index (χ3v) is 3.55. The Balaban J connectivity index is 1.72. The van der Waals surface area contributed by atoms with Gasteiger partial charge < -0.3 is 9.47 Å². The summed E-state index contributed by atoms with van der Waals surface area (Å²) in [5.74, 6) is 0.499. The van der Waals surface area contributed by atoms with Crippen molar-refractivity contribution in [3.05, 3.63) is 71.3 Å². The zero-order valence-corrected chi connectivity index (χ0v) is 11.8. The number of carbonyl (C=O) groups is 1. The molecule has 0 atom stereocenters. The molecule has 2 aromatic rings. The summed E-state index contributed by atoms with van der Waals surface area (Å²) in [4.78, 5) is 11.3. The number of allylic oxidation sites excluding steroid dienone is 1. The van der Waals surface area contributed by atoms with Crippen molar-refractivity contribution in [1.29, 1.82) is 0 Å². The maximum absolute atomic E-state index is 11.3. The number of hydrogen-bond donors (Lipinski definition) is 0. The fraction of sp³-hybridized carbons (Fsp3) is 0.167. The highest BCUT2D eigenvalue weighted by molar-refractivity contribution is 5.95. The first-order valence-corrected chi connectivity index (χ1v) is 6.85. The van der Waals surface area contributed by atoms with E-state index in [2.05, 4.69) is 4.74 Å². The standard InChI is InChI=1S/C18H16O3/c1-20-18(19)10-15-9-14-7-8-16(11-17(14)15)21-12-13-5-3-2-4-6-13/h2-8,10-11H,9,12H2,1H3. The van der Waals surface area contributed by atoms with Gasteiger partial charge in [-0.2, -0.15) is 0 Å². The molecule has 2 aromatic carbocycles. The minimum atomic E-state index is -0.314. The molecule has 0 spiro atoms. The fourth-order valence-electron chi connectivity index (χ4n) is 2.36. The van der Waals surface area contributed by atoms with Crippen LogP contribution in [-0.2, 0) is 22.6 Å². The molecule has 3 nitrogen and oxygen atoms in total. The van der Waals surface area contributed by atoms with E-state index >= 15 is 0 Å². The van der Waals surface area contributed by atoms with E-state index in [0.717, 1.165) is 28.9 Å². The molecule has 1 aliphatic rings. The molecular weight excluding hydrogens is 264 g/mol. The summed E-state index contributed by atoms with van der Waals surface area (Å²) in [6.07, 6.45) is 2.35. The Kier molecular flexibility index (Phi) is 3.73. The molecule has 0 unspecified atom stereocenters. The van der Waals surface area contributed by atoms with Crippen LogP contribution in [0.3, 0.4) is 0 Å². The van der Waals surface area contributed by atoms with E-state index in [1.165, 1.54) is 12.7 Å². The van der Waals surface area contributed by atoms with Crippen molar-refractivity contribution in [1.82, 2.24) is 0 Å². The van der Waals surface area contributed by atoms with E-state index in [1.807, 2.05) is 48.5 Å². The minimum absolute atomic E-state index is 0.314. The van der Waals surface area contributed by atoms with Crippen molar-refractivity contribution in [3.63, 3.8) is 0 Å². The lowest BCUT2D eigenvalue weighted by atomic mass is 9.82. The number of carbonyl (C=O) groups excluding carboxylic acids is 1. The van der Waals surface area contributed by atoms with E-state index in [-0.39, 0.29) is 5.97 Å². The SMILES string of the molecule is COC(=O)C=C1Cc2ccc(OCc3ccccc3)cc21. The van der Waals surface area contributed by atoms with Gasteiger partial charge in [-0.1, -0.05) is 36.4 Å². The number of esters is 1. The number of methoxy groups -OCH3 is 1. The first kappa shape index (κ1) is 13.4. The van der Waals surface area contributed by atoms with Crippen LogP contribution in [0.15, 0.2) is 54.6 Å². The molecule has 0 N–H and O–H groups in total. The Morgan fingerprint density at radius 2 is 2.00 bits per heavy atom. The van der Waals surface area contributed by atoms with E-state index in [4.69, 9.17) is 4.74 Å². The third kappa shape index (κ3) is 2.97. The molecule has 0 aliphatic heterocycles. The average molecular weight is 280 g/mol. The second kappa shape index (κ2) is 5.83. The molecule has 21 heavy (non-hydrogen) atoms. The van der Waals surface area contributed by atoms with E-state index in [9.17, 15) is 4.79 Å². The van der Waals surface area contributed by atoms with Crippen molar-refractivity contribution in [3.8, 4) is 5.75 Å². The molecule has 0 amide bonds. The van der Waals surface area contributed by atoms with E-state index in [1.54, 1.807) is 6.08 Å². The van der Waals surface area contributed by atoms with Gasteiger partial charge in [-0.25, -0.2) is 4.79 Å². The summed E-state index contributed by atoms with van der Waals surface area (Å²) < 4.78 is 10.5. The predicted octanol–water partition coefficient (Wildman–Crippen LogP) is 3.38. The molecule has 0 radical (unpaired) electrons. The Morgan fingerprint density at radius 3 is 2.76 bits per heavy atom. The molecule has 0 aromatic heterocycles. The van der Waals surface area contributed by atoms with Crippen LogP contribution < -0.4 is 4.74 Å². The zero-order valence-electron chi connectivity index (χ0n) is 11.8. The normalized spacial score (nSPS) is 14.2. The van der Waals surface area contributed by atoms with Gasteiger partial charge in [0.25, 0.3) is 0 Å². The van der Waals surface area contributed by atoms with Crippen LogP contribution >= 0.6 is 0 Å². The van der Waals surface area contributed by atoms with Gasteiger partial charge in [-0.15, -0.1) is 0 Å². The van der Waals surface area contributed by atoms with Crippen LogP contribution in [0.25, 0.3) is 5.57 Å². The van der Waals surface area contributed by atoms with Crippen molar-refractivity contribution in [2.45, 2.75) is 13.0 Å². The molecule has 3 rings (SSSR count). The van der Waals surface area contributed by atoms with Crippen LogP contribution in [0.1, 0.15) is 16.7 Å². The number of fused-ring (bicyclic) bond motifs is 1. The van der Waals surface area contributed by atoms with Gasteiger partial charge in [0.15, 0.2) is 0 Å². The Hall–Kier alpha value is -2.55. The first-order chi connectivity index (χ1) is 10.3. The van der Waals surface area contributed by atoms with Gasteiger partial charge >= 0.3 is 5.97 Å². The second-order valence-electron chi connectivity index (χ2n) is 4.96. The number of benzene rings is 2. The molecular formula is C18H16O3. The molecule has 0 saturated heterocycles. The number of ether oxygens (including phenoxy) is 2. The highest BCUT2D eigenvalue weighted by atomic mass is 16.5.